The Kier molecular flexibility index (Phi) is 4.79. The summed E-state index contributed by atoms with van der Waals surface area (Å²) in [7, 11) is 0. The molecule has 1 aliphatic rings. The Morgan fingerprint density at radius 2 is 2.11 bits per heavy atom. The van der Waals surface area contributed by atoms with Crippen LogP contribution in [0.5, 0.6) is 0 Å². The first kappa shape index (κ1) is 13.6. The largest absolute Gasteiger partial charge is 0.313 e. The van der Waals surface area contributed by atoms with E-state index in [1.165, 1.54) is 24.0 Å². The second-order valence-corrected chi connectivity index (χ2v) is 5.64. The topological polar surface area (TPSA) is 24.1 Å². The lowest BCUT2D eigenvalue weighted by Gasteiger charge is -2.28. The van der Waals surface area contributed by atoms with Crippen molar-refractivity contribution in [1.82, 2.24) is 10.6 Å². The van der Waals surface area contributed by atoms with Gasteiger partial charge in [-0.15, -0.1) is 0 Å². The van der Waals surface area contributed by atoms with Crippen LogP contribution in [0.1, 0.15) is 50.8 Å². The van der Waals surface area contributed by atoms with E-state index in [9.17, 15) is 0 Å². The molecule has 1 aliphatic heterocycles. The Bertz CT molecular complexity index is 373. The van der Waals surface area contributed by atoms with Crippen molar-refractivity contribution < 1.29 is 0 Å². The molecule has 0 radical (unpaired) electrons. The standard InChI is InChI=1S/C16H26N2/c1-4-15(12(2)3)18-16-9-10-17-11-13-7-5-6-8-14(13)16/h5-8,12,15-18H,4,9-11H2,1-3H3. The zero-order valence-electron chi connectivity index (χ0n) is 11.9. The quantitative estimate of drug-likeness (QED) is 0.852. The van der Waals surface area contributed by atoms with Gasteiger partial charge in [-0.2, -0.15) is 0 Å². The molecule has 18 heavy (non-hydrogen) atoms. The molecule has 2 rings (SSSR count). The summed E-state index contributed by atoms with van der Waals surface area (Å²) < 4.78 is 0. The minimum Gasteiger partial charge on any atom is -0.313 e. The van der Waals surface area contributed by atoms with Gasteiger partial charge in [0.25, 0.3) is 0 Å². The van der Waals surface area contributed by atoms with Gasteiger partial charge in [0.1, 0.15) is 0 Å². The third kappa shape index (κ3) is 3.12. The van der Waals surface area contributed by atoms with Crippen LogP contribution >= 0.6 is 0 Å². The first-order valence-corrected chi connectivity index (χ1v) is 7.27. The first-order chi connectivity index (χ1) is 8.72. The van der Waals surface area contributed by atoms with E-state index in [1.807, 2.05) is 0 Å². The van der Waals surface area contributed by atoms with E-state index in [0.717, 1.165) is 13.1 Å². The molecule has 0 bridgehead atoms. The van der Waals surface area contributed by atoms with Crippen LogP contribution in [-0.2, 0) is 6.54 Å². The van der Waals surface area contributed by atoms with Gasteiger partial charge in [-0.1, -0.05) is 45.0 Å². The van der Waals surface area contributed by atoms with Crippen LogP contribution in [0.3, 0.4) is 0 Å². The molecule has 0 aliphatic carbocycles. The SMILES string of the molecule is CCC(NC1CCNCc2ccccc21)C(C)C. The van der Waals surface area contributed by atoms with Crippen molar-refractivity contribution in [3.05, 3.63) is 35.4 Å². The molecule has 2 N–H and O–H groups in total. The van der Waals surface area contributed by atoms with E-state index < -0.39 is 0 Å². The summed E-state index contributed by atoms with van der Waals surface area (Å²) in [6.45, 7) is 9.00. The molecule has 0 aromatic heterocycles. The molecule has 100 valence electrons. The monoisotopic (exact) mass is 246 g/mol. The molecule has 0 spiro atoms. The third-order valence-corrected chi connectivity index (χ3v) is 4.02. The van der Waals surface area contributed by atoms with E-state index in [0.29, 0.717) is 18.0 Å². The number of hydrogen-bond acceptors (Lipinski definition) is 2. The number of nitrogens with one attached hydrogen (secondary N) is 2. The van der Waals surface area contributed by atoms with Gasteiger partial charge in [0, 0.05) is 18.6 Å². The summed E-state index contributed by atoms with van der Waals surface area (Å²) in [6.07, 6.45) is 2.38. The van der Waals surface area contributed by atoms with Crippen LogP contribution in [-0.4, -0.2) is 12.6 Å². The van der Waals surface area contributed by atoms with Gasteiger partial charge < -0.3 is 10.6 Å². The molecule has 2 nitrogen and oxygen atoms in total. The number of hydrogen-bond donors (Lipinski definition) is 2. The number of benzene rings is 1. The summed E-state index contributed by atoms with van der Waals surface area (Å²) in [6, 6.07) is 9.95. The molecular formula is C16H26N2. The summed E-state index contributed by atoms with van der Waals surface area (Å²) in [5.74, 6) is 0.693. The van der Waals surface area contributed by atoms with Crippen molar-refractivity contribution in [3.8, 4) is 0 Å². The fourth-order valence-electron chi connectivity index (χ4n) is 2.87. The Morgan fingerprint density at radius 3 is 2.83 bits per heavy atom. The smallest absolute Gasteiger partial charge is 0.0338 e. The Balaban J connectivity index is 2.17. The Labute approximate surface area is 111 Å². The summed E-state index contributed by atoms with van der Waals surface area (Å²) >= 11 is 0. The van der Waals surface area contributed by atoms with E-state index in [2.05, 4.69) is 55.7 Å². The summed E-state index contributed by atoms with van der Waals surface area (Å²) in [4.78, 5) is 0. The Hall–Kier alpha value is -0.860. The first-order valence-electron chi connectivity index (χ1n) is 7.27. The average Bonchev–Trinajstić information content (AvgIpc) is 2.58. The van der Waals surface area contributed by atoms with Gasteiger partial charge in [-0.05, 0) is 36.4 Å². The fraction of sp³-hybridized carbons (Fsp3) is 0.625. The highest BCUT2D eigenvalue weighted by Crippen LogP contribution is 2.25. The lowest BCUT2D eigenvalue weighted by atomic mass is 9.95. The van der Waals surface area contributed by atoms with Crippen LogP contribution in [0, 0.1) is 5.92 Å². The lowest BCUT2D eigenvalue weighted by molar-refractivity contribution is 0.337. The molecular weight excluding hydrogens is 220 g/mol. The predicted molar refractivity (Wildman–Crippen MR) is 77.6 cm³/mol. The molecule has 2 atom stereocenters. The number of rotatable bonds is 4. The predicted octanol–water partition coefficient (Wildman–Crippen LogP) is 3.25. The summed E-state index contributed by atoms with van der Waals surface area (Å²) in [5.41, 5.74) is 2.94. The van der Waals surface area contributed by atoms with Gasteiger partial charge in [0.05, 0.1) is 0 Å². The van der Waals surface area contributed by atoms with Gasteiger partial charge in [0.2, 0.25) is 0 Å². The van der Waals surface area contributed by atoms with Crippen molar-refractivity contribution in [2.75, 3.05) is 6.54 Å². The Morgan fingerprint density at radius 1 is 1.33 bits per heavy atom. The van der Waals surface area contributed by atoms with Crippen LogP contribution in [0.4, 0.5) is 0 Å². The van der Waals surface area contributed by atoms with Crippen LogP contribution < -0.4 is 10.6 Å². The molecule has 0 saturated carbocycles. The summed E-state index contributed by atoms with van der Waals surface area (Å²) in [5, 5.41) is 7.38. The van der Waals surface area contributed by atoms with Gasteiger partial charge >= 0.3 is 0 Å². The molecule has 1 heterocycles. The molecule has 2 unspecified atom stereocenters. The molecule has 0 amide bonds. The molecule has 1 aromatic carbocycles. The van der Waals surface area contributed by atoms with Crippen LogP contribution in [0.25, 0.3) is 0 Å². The van der Waals surface area contributed by atoms with Gasteiger partial charge in [-0.3, -0.25) is 0 Å². The van der Waals surface area contributed by atoms with E-state index in [-0.39, 0.29) is 0 Å². The van der Waals surface area contributed by atoms with Crippen molar-refractivity contribution in [1.29, 1.82) is 0 Å². The highest BCUT2D eigenvalue weighted by atomic mass is 15.0. The fourth-order valence-corrected chi connectivity index (χ4v) is 2.87. The molecule has 2 heteroatoms. The maximum Gasteiger partial charge on any atom is 0.0338 e. The zero-order chi connectivity index (χ0) is 13.0. The number of fused-ring (bicyclic) bond motifs is 1. The van der Waals surface area contributed by atoms with Gasteiger partial charge in [-0.25, -0.2) is 0 Å². The molecule has 0 fully saturated rings. The minimum atomic E-state index is 0.503. The maximum absolute atomic E-state index is 3.86. The molecule has 0 saturated heterocycles. The van der Waals surface area contributed by atoms with Crippen molar-refractivity contribution in [3.63, 3.8) is 0 Å². The highest BCUT2D eigenvalue weighted by Gasteiger charge is 2.21. The van der Waals surface area contributed by atoms with Crippen molar-refractivity contribution >= 4 is 0 Å². The zero-order valence-corrected chi connectivity index (χ0v) is 11.9. The second kappa shape index (κ2) is 6.35. The average molecular weight is 246 g/mol. The van der Waals surface area contributed by atoms with E-state index >= 15 is 0 Å². The van der Waals surface area contributed by atoms with E-state index in [4.69, 9.17) is 0 Å². The minimum absolute atomic E-state index is 0.503. The van der Waals surface area contributed by atoms with Crippen LogP contribution in [0.15, 0.2) is 24.3 Å². The van der Waals surface area contributed by atoms with Crippen molar-refractivity contribution in [2.24, 2.45) is 5.92 Å². The van der Waals surface area contributed by atoms with Crippen molar-refractivity contribution in [2.45, 2.75) is 52.2 Å². The lowest BCUT2D eigenvalue weighted by Crippen LogP contribution is -2.36. The second-order valence-electron chi connectivity index (χ2n) is 5.64. The van der Waals surface area contributed by atoms with E-state index in [1.54, 1.807) is 0 Å². The maximum atomic E-state index is 3.86. The normalized spacial score (nSPS) is 21.4. The third-order valence-electron chi connectivity index (χ3n) is 4.02. The van der Waals surface area contributed by atoms with Crippen LogP contribution in [0.2, 0.25) is 0 Å². The van der Waals surface area contributed by atoms with Gasteiger partial charge in [0.15, 0.2) is 0 Å². The molecule has 1 aromatic rings. The highest BCUT2D eigenvalue weighted by molar-refractivity contribution is 5.31.